The van der Waals surface area contributed by atoms with Gasteiger partial charge in [0.05, 0.1) is 5.56 Å². The van der Waals surface area contributed by atoms with Crippen molar-refractivity contribution in [2.45, 2.75) is 6.54 Å². The largest absolute Gasteiger partial charge is 0.439 e. The van der Waals surface area contributed by atoms with Crippen LogP contribution in [0.1, 0.15) is 15.2 Å². The van der Waals surface area contributed by atoms with E-state index in [1.54, 1.807) is 29.7 Å². The van der Waals surface area contributed by atoms with Crippen molar-refractivity contribution in [3.05, 3.63) is 75.0 Å². The molecule has 1 aromatic carbocycles. The molecule has 144 valence electrons. The van der Waals surface area contributed by atoms with Crippen molar-refractivity contribution in [1.29, 1.82) is 0 Å². The van der Waals surface area contributed by atoms with Gasteiger partial charge < -0.3 is 9.64 Å². The number of aromatic nitrogens is 1. The summed E-state index contributed by atoms with van der Waals surface area (Å²) in [5, 5.41) is 2.10. The number of rotatable bonds is 5. The van der Waals surface area contributed by atoms with Crippen molar-refractivity contribution in [2.75, 3.05) is 26.2 Å². The first-order chi connectivity index (χ1) is 13.7. The first kappa shape index (κ1) is 19.1. The van der Waals surface area contributed by atoms with E-state index in [0.717, 1.165) is 37.2 Å². The molecule has 4 rings (SSSR count). The lowest BCUT2D eigenvalue weighted by Crippen LogP contribution is -2.48. The normalized spacial score (nSPS) is 14.8. The van der Waals surface area contributed by atoms with Crippen LogP contribution in [-0.2, 0) is 6.54 Å². The molecule has 3 heterocycles. The first-order valence-corrected chi connectivity index (χ1v) is 10.8. The highest BCUT2D eigenvalue weighted by atomic mass is 79.9. The average Bonchev–Trinajstić information content (AvgIpc) is 3.22. The van der Waals surface area contributed by atoms with Crippen LogP contribution in [0.3, 0.4) is 0 Å². The molecule has 1 saturated heterocycles. The Hall–Kier alpha value is -2.22. The second kappa shape index (κ2) is 8.86. The molecule has 0 atom stereocenters. The highest BCUT2D eigenvalue weighted by Crippen LogP contribution is 2.23. The van der Waals surface area contributed by atoms with Crippen molar-refractivity contribution in [1.82, 2.24) is 14.8 Å². The molecule has 5 nitrogen and oxygen atoms in total. The van der Waals surface area contributed by atoms with E-state index in [0.29, 0.717) is 17.2 Å². The number of piperazine rings is 1. The number of carbonyl (C=O) groups excluding carboxylic acids is 1. The molecule has 0 unspecified atom stereocenters. The number of halogens is 1. The fraction of sp³-hybridized carbons (Fsp3) is 0.238. The summed E-state index contributed by atoms with van der Waals surface area (Å²) in [4.78, 5) is 22.7. The van der Waals surface area contributed by atoms with Gasteiger partial charge in [0, 0.05) is 54.3 Å². The lowest BCUT2D eigenvalue weighted by Gasteiger charge is -2.34. The van der Waals surface area contributed by atoms with Crippen LogP contribution >= 0.6 is 27.3 Å². The summed E-state index contributed by atoms with van der Waals surface area (Å²) < 4.78 is 6.67. The number of pyridine rings is 1. The predicted molar refractivity (Wildman–Crippen MR) is 114 cm³/mol. The van der Waals surface area contributed by atoms with Crippen LogP contribution in [0.25, 0.3) is 0 Å². The van der Waals surface area contributed by atoms with Crippen LogP contribution in [0.4, 0.5) is 0 Å². The number of benzene rings is 1. The third-order valence-corrected chi connectivity index (χ3v) is 5.98. The second-order valence-corrected chi connectivity index (χ2v) is 8.54. The van der Waals surface area contributed by atoms with Crippen molar-refractivity contribution < 1.29 is 9.53 Å². The molecule has 1 aliphatic rings. The topological polar surface area (TPSA) is 45.7 Å². The number of hydrogen-bond donors (Lipinski definition) is 0. The monoisotopic (exact) mass is 457 g/mol. The summed E-state index contributed by atoms with van der Waals surface area (Å²) in [6.07, 6.45) is 1.59. The van der Waals surface area contributed by atoms with E-state index in [-0.39, 0.29) is 5.91 Å². The number of hydrogen-bond acceptors (Lipinski definition) is 5. The molecular formula is C21H20BrN3O2S. The molecule has 7 heteroatoms. The molecule has 0 saturated carbocycles. The molecule has 0 aliphatic carbocycles. The Morgan fingerprint density at radius 3 is 2.64 bits per heavy atom. The molecule has 0 radical (unpaired) electrons. The summed E-state index contributed by atoms with van der Waals surface area (Å²) in [6, 6.07) is 15.3. The molecule has 3 aromatic rings. The Kier molecular flexibility index (Phi) is 6.04. The Bertz CT molecular complexity index is 923. The molecular weight excluding hydrogens is 438 g/mol. The van der Waals surface area contributed by atoms with E-state index in [1.165, 1.54) is 4.88 Å². The number of ether oxygens (including phenoxy) is 1. The van der Waals surface area contributed by atoms with Gasteiger partial charge in [0.1, 0.15) is 5.75 Å². The molecule has 0 bridgehead atoms. The predicted octanol–water partition coefficient (Wildman–Crippen LogP) is 4.66. The molecule has 1 fully saturated rings. The van der Waals surface area contributed by atoms with Gasteiger partial charge in [-0.05, 0) is 35.7 Å². The zero-order valence-corrected chi connectivity index (χ0v) is 17.7. The van der Waals surface area contributed by atoms with E-state index < -0.39 is 0 Å². The third kappa shape index (κ3) is 4.79. The maximum absolute atomic E-state index is 12.8. The summed E-state index contributed by atoms with van der Waals surface area (Å²) in [6.45, 7) is 4.21. The van der Waals surface area contributed by atoms with Gasteiger partial charge in [-0.2, -0.15) is 0 Å². The number of thiophene rings is 1. The van der Waals surface area contributed by atoms with Crippen molar-refractivity contribution >= 4 is 33.2 Å². The van der Waals surface area contributed by atoms with Crippen LogP contribution in [0.15, 0.2) is 64.6 Å². The number of nitrogens with zero attached hydrogens (tertiary/aromatic N) is 3. The zero-order valence-electron chi connectivity index (χ0n) is 15.3. The van der Waals surface area contributed by atoms with E-state index in [1.807, 2.05) is 29.2 Å². The van der Waals surface area contributed by atoms with Crippen LogP contribution < -0.4 is 4.74 Å². The molecule has 1 amide bonds. The molecule has 1 aliphatic heterocycles. The maximum atomic E-state index is 12.8. The highest BCUT2D eigenvalue weighted by molar-refractivity contribution is 9.10. The zero-order chi connectivity index (χ0) is 19.3. The average molecular weight is 458 g/mol. The van der Waals surface area contributed by atoms with Gasteiger partial charge in [0.15, 0.2) is 0 Å². The number of amides is 1. The Balaban J connectivity index is 1.32. The fourth-order valence-corrected chi connectivity index (χ4v) is 4.26. The van der Waals surface area contributed by atoms with Gasteiger partial charge in [-0.15, -0.1) is 11.3 Å². The summed E-state index contributed by atoms with van der Waals surface area (Å²) in [5.74, 6) is 1.19. The quantitative estimate of drug-likeness (QED) is 0.558. The van der Waals surface area contributed by atoms with Crippen molar-refractivity contribution in [3.8, 4) is 11.6 Å². The minimum Gasteiger partial charge on any atom is -0.439 e. The SMILES string of the molecule is O=C(c1ccc(Oc2cccc(Br)c2)nc1)N1CCN(Cc2cccs2)CC1. The van der Waals surface area contributed by atoms with Gasteiger partial charge in [0.2, 0.25) is 5.88 Å². The number of carbonyl (C=O) groups is 1. The van der Waals surface area contributed by atoms with Gasteiger partial charge >= 0.3 is 0 Å². The molecule has 0 spiro atoms. The van der Waals surface area contributed by atoms with E-state index in [4.69, 9.17) is 4.74 Å². The first-order valence-electron chi connectivity index (χ1n) is 9.11. The van der Waals surface area contributed by atoms with Crippen molar-refractivity contribution in [3.63, 3.8) is 0 Å². The summed E-state index contributed by atoms with van der Waals surface area (Å²) in [5.41, 5.74) is 0.591. The Morgan fingerprint density at radius 1 is 1.11 bits per heavy atom. The van der Waals surface area contributed by atoms with Crippen LogP contribution in [0, 0.1) is 0 Å². The lowest BCUT2D eigenvalue weighted by molar-refractivity contribution is 0.0629. The Labute approximate surface area is 176 Å². The van der Waals surface area contributed by atoms with E-state index in [2.05, 4.69) is 43.3 Å². The molecule has 28 heavy (non-hydrogen) atoms. The van der Waals surface area contributed by atoms with Crippen molar-refractivity contribution in [2.24, 2.45) is 0 Å². The van der Waals surface area contributed by atoms with Gasteiger partial charge in [-0.25, -0.2) is 4.98 Å². The minimum atomic E-state index is 0.0253. The standard InChI is InChI=1S/C21H20BrN3O2S/c22-17-3-1-4-18(13-17)27-20-7-6-16(14-23-20)21(26)25-10-8-24(9-11-25)15-19-5-2-12-28-19/h1-7,12-14H,8-11,15H2. The van der Waals surface area contributed by atoms with Crippen LogP contribution in [0.5, 0.6) is 11.6 Å². The second-order valence-electron chi connectivity index (χ2n) is 6.59. The maximum Gasteiger partial charge on any atom is 0.255 e. The van der Waals surface area contributed by atoms with Crippen LogP contribution in [0.2, 0.25) is 0 Å². The molecule has 0 N–H and O–H groups in total. The van der Waals surface area contributed by atoms with E-state index >= 15 is 0 Å². The highest BCUT2D eigenvalue weighted by Gasteiger charge is 2.22. The van der Waals surface area contributed by atoms with Gasteiger partial charge in [-0.1, -0.05) is 28.1 Å². The fourth-order valence-electron chi connectivity index (χ4n) is 3.13. The van der Waals surface area contributed by atoms with E-state index in [9.17, 15) is 4.79 Å². The minimum absolute atomic E-state index is 0.0253. The smallest absolute Gasteiger partial charge is 0.255 e. The summed E-state index contributed by atoms with van der Waals surface area (Å²) >= 11 is 5.20. The third-order valence-electron chi connectivity index (χ3n) is 4.62. The van der Waals surface area contributed by atoms with Gasteiger partial charge in [-0.3, -0.25) is 9.69 Å². The Morgan fingerprint density at radius 2 is 1.96 bits per heavy atom. The van der Waals surface area contributed by atoms with Gasteiger partial charge in [0.25, 0.3) is 5.91 Å². The lowest BCUT2D eigenvalue weighted by atomic mass is 10.2. The van der Waals surface area contributed by atoms with Crippen LogP contribution in [-0.4, -0.2) is 46.9 Å². The summed E-state index contributed by atoms with van der Waals surface area (Å²) in [7, 11) is 0. The molecule has 2 aromatic heterocycles.